The highest BCUT2D eigenvalue weighted by molar-refractivity contribution is 5.84. The third-order valence-corrected chi connectivity index (χ3v) is 5.59. The predicted molar refractivity (Wildman–Crippen MR) is 114 cm³/mol. The van der Waals surface area contributed by atoms with E-state index < -0.39 is 0 Å². The van der Waals surface area contributed by atoms with Crippen molar-refractivity contribution in [2.24, 2.45) is 0 Å². The van der Waals surface area contributed by atoms with E-state index in [0.717, 1.165) is 40.8 Å². The summed E-state index contributed by atoms with van der Waals surface area (Å²) in [6.07, 6.45) is 5.76. The normalized spacial score (nSPS) is 14.9. The maximum absolute atomic E-state index is 12.3. The highest BCUT2D eigenvalue weighted by Crippen LogP contribution is 2.27. The number of aromatic nitrogens is 3. The minimum Gasteiger partial charge on any atom is -0.468 e. The second-order valence-corrected chi connectivity index (χ2v) is 8.00. The molecule has 1 N–H and O–H groups in total. The van der Waals surface area contributed by atoms with Crippen molar-refractivity contribution in [3.05, 3.63) is 47.2 Å². The van der Waals surface area contributed by atoms with Gasteiger partial charge >= 0.3 is 0 Å². The minimum atomic E-state index is -0.0836. The number of aryl methyl sites for hydroxylation is 3. The van der Waals surface area contributed by atoms with E-state index in [2.05, 4.69) is 34.5 Å². The Labute approximate surface area is 171 Å². The lowest BCUT2D eigenvalue weighted by Gasteiger charge is -2.22. The van der Waals surface area contributed by atoms with E-state index in [9.17, 15) is 4.79 Å². The van der Waals surface area contributed by atoms with E-state index in [1.54, 1.807) is 0 Å². The summed E-state index contributed by atoms with van der Waals surface area (Å²) in [5.41, 5.74) is 4.85. The molecule has 0 atom stereocenters. The molecule has 0 aliphatic heterocycles. The molecule has 1 amide bonds. The van der Waals surface area contributed by atoms with Crippen molar-refractivity contribution in [1.82, 2.24) is 20.1 Å². The maximum Gasteiger partial charge on any atom is 0.258 e. The molecule has 4 rings (SSSR count). The average molecular weight is 393 g/mol. The number of rotatable bonds is 5. The zero-order valence-corrected chi connectivity index (χ0v) is 17.4. The molecule has 0 bridgehead atoms. The standard InChI is InChI=1S/C23H28N4O2/c1-15-9-11-19(12-10-15)27-23-22(17(3)26-27)16(2)13-21(25-23)29-14-20(28)24-18-7-5-4-6-8-18/h9-13,18H,4-8,14H2,1-3H3,(H,24,28). The van der Waals surface area contributed by atoms with Crippen LogP contribution in [-0.4, -0.2) is 33.3 Å². The lowest BCUT2D eigenvalue weighted by Crippen LogP contribution is -2.39. The molecule has 3 aromatic rings. The minimum absolute atomic E-state index is 0.0217. The molecular formula is C23H28N4O2. The van der Waals surface area contributed by atoms with Crippen LogP contribution in [0.25, 0.3) is 16.7 Å². The number of nitrogens with zero attached hydrogens (tertiary/aromatic N) is 3. The van der Waals surface area contributed by atoms with Gasteiger partial charge in [-0.1, -0.05) is 37.0 Å². The zero-order chi connectivity index (χ0) is 20.4. The summed E-state index contributed by atoms with van der Waals surface area (Å²) in [5, 5.41) is 8.78. The number of fused-ring (bicyclic) bond motifs is 1. The molecule has 1 aromatic carbocycles. The van der Waals surface area contributed by atoms with Gasteiger partial charge in [0.15, 0.2) is 12.3 Å². The fraction of sp³-hybridized carbons (Fsp3) is 0.435. The van der Waals surface area contributed by atoms with Gasteiger partial charge < -0.3 is 10.1 Å². The van der Waals surface area contributed by atoms with Crippen molar-refractivity contribution in [1.29, 1.82) is 0 Å². The first-order valence-electron chi connectivity index (χ1n) is 10.4. The third-order valence-electron chi connectivity index (χ3n) is 5.59. The summed E-state index contributed by atoms with van der Waals surface area (Å²) in [7, 11) is 0. The van der Waals surface area contributed by atoms with Gasteiger partial charge in [0, 0.05) is 17.5 Å². The lowest BCUT2D eigenvalue weighted by atomic mass is 9.95. The largest absolute Gasteiger partial charge is 0.468 e. The van der Waals surface area contributed by atoms with Gasteiger partial charge in [0.05, 0.1) is 11.4 Å². The van der Waals surface area contributed by atoms with Crippen LogP contribution in [0.5, 0.6) is 5.88 Å². The molecule has 6 heteroatoms. The van der Waals surface area contributed by atoms with Crippen molar-refractivity contribution in [2.45, 2.75) is 58.9 Å². The van der Waals surface area contributed by atoms with Gasteiger partial charge in [-0.05, 0) is 51.3 Å². The Bertz CT molecular complexity index is 1020. The first-order valence-corrected chi connectivity index (χ1v) is 10.4. The van der Waals surface area contributed by atoms with Gasteiger partial charge in [0.2, 0.25) is 5.88 Å². The molecule has 6 nitrogen and oxygen atoms in total. The van der Waals surface area contributed by atoms with Crippen LogP contribution in [-0.2, 0) is 4.79 Å². The fourth-order valence-electron chi connectivity index (χ4n) is 4.07. The van der Waals surface area contributed by atoms with E-state index in [0.29, 0.717) is 5.88 Å². The molecule has 1 saturated carbocycles. The number of hydrogen-bond donors (Lipinski definition) is 1. The fourth-order valence-corrected chi connectivity index (χ4v) is 4.07. The second-order valence-electron chi connectivity index (χ2n) is 8.00. The topological polar surface area (TPSA) is 69.0 Å². The smallest absolute Gasteiger partial charge is 0.258 e. The van der Waals surface area contributed by atoms with Crippen LogP contribution in [0.1, 0.15) is 48.9 Å². The molecule has 0 spiro atoms. The van der Waals surface area contributed by atoms with Gasteiger partial charge in [-0.15, -0.1) is 0 Å². The number of hydrogen-bond acceptors (Lipinski definition) is 4. The highest BCUT2D eigenvalue weighted by atomic mass is 16.5. The first-order chi connectivity index (χ1) is 14.0. The second kappa shape index (κ2) is 8.23. The van der Waals surface area contributed by atoms with E-state index in [1.807, 2.05) is 36.7 Å². The van der Waals surface area contributed by atoms with Crippen molar-refractivity contribution in [3.63, 3.8) is 0 Å². The Morgan fingerprint density at radius 2 is 1.86 bits per heavy atom. The Kier molecular flexibility index (Phi) is 5.51. The molecule has 1 aliphatic rings. The van der Waals surface area contributed by atoms with Gasteiger partial charge in [-0.2, -0.15) is 10.1 Å². The molecule has 2 aromatic heterocycles. The number of carbonyl (C=O) groups excluding carboxylic acids is 1. The molecule has 29 heavy (non-hydrogen) atoms. The van der Waals surface area contributed by atoms with Crippen LogP contribution in [0.15, 0.2) is 30.3 Å². The summed E-state index contributed by atoms with van der Waals surface area (Å²) in [6.45, 7) is 6.04. The summed E-state index contributed by atoms with van der Waals surface area (Å²) < 4.78 is 7.59. The highest BCUT2D eigenvalue weighted by Gasteiger charge is 2.18. The number of benzene rings is 1. The Balaban J connectivity index is 1.55. The van der Waals surface area contributed by atoms with E-state index in [4.69, 9.17) is 4.74 Å². The zero-order valence-electron chi connectivity index (χ0n) is 17.4. The molecule has 152 valence electrons. The molecule has 0 unspecified atom stereocenters. The van der Waals surface area contributed by atoms with Crippen LogP contribution in [0.4, 0.5) is 0 Å². The van der Waals surface area contributed by atoms with Crippen molar-refractivity contribution in [3.8, 4) is 11.6 Å². The average Bonchev–Trinajstić information content (AvgIpc) is 3.05. The van der Waals surface area contributed by atoms with Crippen molar-refractivity contribution < 1.29 is 9.53 Å². The predicted octanol–water partition coefficient (Wildman–Crippen LogP) is 4.17. The van der Waals surface area contributed by atoms with Gasteiger partial charge in [0.25, 0.3) is 5.91 Å². The quantitative estimate of drug-likeness (QED) is 0.707. The molecular weight excluding hydrogens is 364 g/mol. The van der Waals surface area contributed by atoms with Crippen LogP contribution >= 0.6 is 0 Å². The van der Waals surface area contributed by atoms with Crippen LogP contribution < -0.4 is 10.1 Å². The Hall–Kier alpha value is -2.89. The SMILES string of the molecule is Cc1ccc(-n2nc(C)c3c(C)cc(OCC(=O)NC4CCCCC4)nc32)cc1. The van der Waals surface area contributed by atoms with Crippen LogP contribution in [0, 0.1) is 20.8 Å². The number of carbonyl (C=O) groups is 1. The number of amides is 1. The van der Waals surface area contributed by atoms with Gasteiger partial charge in [0.1, 0.15) is 0 Å². The van der Waals surface area contributed by atoms with Crippen LogP contribution in [0.3, 0.4) is 0 Å². The van der Waals surface area contributed by atoms with Gasteiger partial charge in [-0.3, -0.25) is 4.79 Å². The van der Waals surface area contributed by atoms with E-state index in [1.165, 1.54) is 24.8 Å². The summed E-state index contributed by atoms with van der Waals surface area (Å²) in [5.74, 6) is 0.363. The summed E-state index contributed by atoms with van der Waals surface area (Å²) in [6, 6.07) is 10.3. The monoisotopic (exact) mass is 392 g/mol. The van der Waals surface area contributed by atoms with E-state index >= 15 is 0 Å². The molecule has 2 heterocycles. The number of ether oxygens (including phenoxy) is 1. The first kappa shape index (κ1) is 19.4. The van der Waals surface area contributed by atoms with Crippen LogP contribution in [0.2, 0.25) is 0 Å². The van der Waals surface area contributed by atoms with E-state index in [-0.39, 0.29) is 18.6 Å². The Morgan fingerprint density at radius 1 is 1.14 bits per heavy atom. The van der Waals surface area contributed by atoms with Crippen molar-refractivity contribution >= 4 is 16.9 Å². The summed E-state index contributed by atoms with van der Waals surface area (Å²) in [4.78, 5) is 16.9. The number of nitrogens with one attached hydrogen (secondary N) is 1. The molecule has 1 fully saturated rings. The maximum atomic E-state index is 12.3. The van der Waals surface area contributed by atoms with Gasteiger partial charge in [-0.25, -0.2) is 4.68 Å². The Morgan fingerprint density at radius 3 is 2.59 bits per heavy atom. The summed E-state index contributed by atoms with van der Waals surface area (Å²) >= 11 is 0. The third kappa shape index (κ3) is 4.26. The molecule has 1 aliphatic carbocycles. The molecule has 0 radical (unpaired) electrons. The lowest BCUT2D eigenvalue weighted by molar-refractivity contribution is -0.124. The number of pyridine rings is 1. The van der Waals surface area contributed by atoms with Crippen molar-refractivity contribution in [2.75, 3.05) is 6.61 Å². The molecule has 0 saturated heterocycles.